The first-order valence-corrected chi connectivity index (χ1v) is 7.12. The Hall–Kier alpha value is -1.79. The number of amides is 3. The van der Waals surface area contributed by atoms with E-state index >= 15 is 0 Å². The van der Waals surface area contributed by atoms with E-state index in [1.54, 1.807) is 4.90 Å². The second kappa shape index (κ2) is 6.58. The average molecular weight is 283 g/mol. The van der Waals surface area contributed by atoms with Gasteiger partial charge in [0.25, 0.3) is 0 Å². The smallest absolute Gasteiger partial charge is 0.317 e. The Morgan fingerprint density at radius 2 is 2.20 bits per heavy atom. The molecular weight excluding hydrogens is 262 g/mol. The van der Waals surface area contributed by atoms with Crippen molar-refractivity contribution in [2.75, 3.05) is 13.1 Å². The van der Waals surface area contributed by atoms with Crippen LogP contribution in [0.3, 0.4) is 0 Å². The lowest BCUT2D eigenvalue weighted by atomic mass is 9.98. The van der Waals surface area contributed by atoms with E-state index in [2.05, 4.69) is 10.6 Å². The van der Waals surface area contributed by atoms with E-state index in [0.717, 1.165) is 19.3 Å². The van der Waals surface area contributed by atoms with Gasteiger partial charge in [-0.15, -0.1) is 0 Å². The number of hydrogen-bond acceptors (Lipinski definition) is 3. The van der Waals surface area contributed by atoms with Crippen LogP contribution in [0, 0.1) is 0 Å². The van der Waals surface area contributed by atoms with Gasteiger partial charge >= 0.3 is 12.0 Å². The van der Waals surface area contributed by atoms with Gasteiger partial charge in [-0.1, -0.05) is 0 Å². The minimum absolute atomic E-state index is 0.00934. The molecule has 112 valence electrons. The molecule has 2 aliphatic rings. The molecule has 0 aromatic carbocycles. The lowest BCUT2D eigenvalue weighted by molar-refractivity contribution is -0.137. The fraction of sp³-hybridized carbons (Fsp3) is 0.769. The number of carbonyl (C=O) groups is 3. The van der Waals surface area contributed by atoms with Crippen molar-refractivity contribution in [3.63, 3.8) is 0 Å². The van der Waals surface area contributed by atoms with Gasteiger partial charge in [-0.25, -0.2) is 4.79 Å². The monoisotopic (exact) mass is 283 g/mol. The molecule has 2 atom stereocenters. The maximum atomic E-state index is 12.2. The molecule has 0 spiro atoms. The Labute approximate surface area is 117 Å². The van der Waals surface area contributed by atoms with Crippen molar-refractivity contribution in [3.05, 3.63) is 0 Å². The van der Waals surface area contributed by atoms with Crippen molar-refractivity contribution < 1.29 is 19.5 Å². The molecule has 0 radical (unpaired) electrons. The number of likely N-dealkylation sites (tertiary alicyclic amines) is 1. The molecule has 3 N–H and O–H groups in total. The Balaban J connectivity index is 1.87. The van der Waals surface area contributed by atoms with Crippen molar-refractivity contribution in [1.29, 1.82) is 0 Å². The molecule has 2 fully saturated rings. The van der Waals surface area contributed by atoms with Crippen LogP contribution in [0.1, 0.15) is 38.5 Å². The van der Waals surface area contributed by atoms with Gasteiger partial charge in [-0.2, -0.15) is 0 Å². The van der Waals surface area contributed by atoms with Gasteiger partial charge in [-0.3, -0.25) is 9.59 Å². The summed E-state index contributed by atoms with van der Waals surface area (Å²) in [5.74, 6) is -0.877. The molecule has 2 unspecified atom stereocenters. The van der Waals surface area contributed by atoms with Crippen LogP contribution in [0.15, 0.2) is 0 Å². The zero-order valence-electron chi connectivity index (χ0n) is 11.4. The lowest BCUT2D eigenvalue weighted by Gasteiger charge is -2.36. The van der Waals surface area contributed by atoms with Gasteiger partial charge < -0.3 is 20.6 Å². The first-order valence-electron chi connectivity index (χ1n) is 7.12. The predicted octanol–water partition coefficient (Wildman–Crippen LogP) is 0.304. The van der Waals surface area contributed by atoms with Crippen molar-refractivity contribution in [2.45, 2.75) is 50.6 Å². The summed E-state index contributed by atoms with van der Waals surface area (Å²) in [4.78, 5) is 35.8. The Kier molecular flexibility index (Phi) is 4.81. The molecule has 7 nitrogen and oxygen atoms in total. The van der Waals surface area contributed by atoms with E-state index < -0.39 is 5.97 Å². The first-order chi connectivity index (χ1) is 9.56. The number of aliphatic carboxylic acids is 1. The van der Waals surface area contributed by atoms with E-state index in [1.165, 1.54) is 0 Å². The second-order valence-corrected chi connectivity index (χ2v) is 5.43. The fourth-order valence-electron chi connectivity index (χ4n) is 2.82. The molecule has 0 aliphatic carbocycles. The molecule has 2 saturated heterocycles. The number of piperidine rings is 1. The minimum atomic E-state index is -0.832. The number of carboxylic acid groups (broad SMARTS) is 1. The third-order valence-corrected chi connectivity index (χ3v) is 3.88. The van der Waals surface area contributed by atoms with E-state index in [9.17, 15) is 14.4 Å². The van der Waals surface area contributed by atoms with Crippen LogP contribution in [0.4, 0.5) is 4.79 Å². The number of carbonyl (C=O) groups excluding carboxylic acids is 2. The number of nitrogens with zero attached hydrogens (tertiary/aromatic N) is 1. The highest BCUT2D eigenvalue weighted by molar-refractivity contribution is 5.81. The zero-order chi connectivity index (χ0) is 14.5. The number of carboxylic acids is 1. The zero-order valence-corrected chi connectivity index (χ0v) is 11.4. The van der Waals surface area contributed by atoms with Crippen LogP contribution in [0.25, 0.3) is 0 Å². The number of hydrogen-bond donors (Lipinski definition) is 3. The fourth-order valence-corrected chi connectivity index (χ4v) is 2.82. The van der Waals surface area contributed by atoms with Crippen molar-refractivity contribution in [2.24, 2.45) is 0 Å². The van der Waals surface area contributed by atoms with E-state index in [1.807, 2.05) is 0 Å². The highest BCUT2D eigenvalue weighted by Crippen LogP contribution is 2.21. The van der Waals surface area contributed by atoms with Crippen molar-refractivity contribution >= 4 is 17.9 Å². The quantitative estimate of drug-likeness (QED) is 0.691. The third-order valence-electron chi connectivity index (χ3n) is 3.88. The number of urea groups is 1. The van der Waals surface area contributed by atoms with Crippen LogP contribution < -0.4 is 10.6 Å². The Morgan fingerprint density at radius 1 is 1.40 bits per heavy atom. The predicted molar refractivity (Wildman–Crippen MR) is 71.2 cm³/mol. The molecular formula is C13H21N3O4. The minimum Gasteiger partial charge on any atom is -0.481 e. The summed E-state index contributed by atoms with van der Waals surface area (Å²) < 4.78 is 0. The molecule has 20 heavy (non-hydrogen) atoms. The maximum absolute atomic E-state index is 12.2. The van der Waals surface area contributed by atoms with Crippen molar-refractivity contribution in [1.82, 2.24) is 15.5 Å². The van der Waals surface area contributed by atoms with Gasteiger partial charge in [0, 0.05) is 32.0 Å². The summed E-state index contributed by atoms with van der Waals surface area (Å²) in [6.45, 7) is 1.13. The van der Waals surface area contributed by atoms with Crippen molar-refractivity contribution in [3.8, 4) is 0 Å². The standard InChI is InChI=1S/C13H21N3O4/c17-11-7-9(8-14-11)15-13(20)16-6-2-1-3-10(16)4-5-12(18)19/h9-10H,1-8H2,(H,14,17)(H,15,20)(H,18,19). The van der Waals surface area contributed by atoms with Gasteiger partial charge in [0.2, 0.25) is 5.91 Å². The molecule has 0 saturated carbocycles. The van der Waals surface area contributed by atoms with E-state index in [-0.39, 0.29) is 30.4 Å². The first kappa shape index (κ1) is 14.6. The summed E-state index contributed by atoms with van der Waals surface area (Å²) in [6.07, 6.45) is 3.71. The summed E-state index contributed by atoms with van der Waals surface area (Å²) >= 11 is 0. The molecule has 0 bridgehead atoms. The van der Waals surface area contributed by atoms with Crippen LogP contribution in [0.5, 0.6) is 0 Å². The molecule has 2 aliphatic heterocycles. The molecule has 0 aromatic rings. The van der Waals surface area contributed by atoms with Gasteiger partial charge in [-0.05, 0) is 25.7 Å². The average Bonchev–Trinajstić information content (AvgIpc) is 2.82. The molecule has 2 rings (SSSR count). The van der Waals surface area contributed by atoms with E-state index in [4.69, 9.17) is 5.11 Å². The summed E-state index contributed by atoms with van der Waals surface area (Å²) in [5.41, 5.74) is 0. The van der Waals surface area contributed by atoms with Gasteiger partial charge in [0.05, 0.1) is 6.04 Å². The molecule has 3 amide bonds. The topological polar surface area (TPSA) is 98.7 Å². The summed E-state index contributed by atoms with van der Waals surface area (Å²) in [6, 6.07) is -0.344. The Bertz CT molecular complexity index is 399. The van der Waals surface area contributed by atoms with Crippen LogP contribution in [-0.4, -0.2) is 53.1 Å². The summed E-state index contributed by atoms with van der Waals surface area (Å²) in [5, 5.41) is 14.3. The third kappa shape index (κ3) is 3.85. The van der Waals surface area contributed by atoms with Crippen LogP contribution in [0.2, 0.25) is 0 Å². The maximum Gasteiger partial charge on any atom is 0.317 e. The SMILES string of the molecule is O=C(O)CCC1CCCCN1C(=O)NC1CNC(=O)C1. The highest BCUT2D eigenvalue weighted by Gasteiger charge is 2.30. The van der Waals surface area contributed by atoms with Crippen LogP contribution in [-0.2, 0) is 9.59 Å². The van der Waals surface area contributed by atoms with E-state index in [0.29, 0.717) is 25.9 Å². The number of nitrogens with one attached hydrogen (secondary N) is 2. The molecule has 7 heteroatoms. The van der Waals surface area contributed by atoms with Gasteiger partial charge in [0.1, 0.15) is 0 Å². The molecule has 0 aromatic heterocycles. The van der Waals surface area contributed by atoms with Gasteiger partial charge in [0.15, 0.2) is 0 Å². The lowest BCUT2D eigenvalue weighted by Crippen LogP contribution is -2.51. The molecule has 2 heterocycles. The Morgan fingerprint density at radius 3 is 2.85 bits per heavy atom. The number of rotatable bonds is 4. The highest BCUT2D eigenvalue weighted by atomic mass is 16.4. The largest absolute Gasteiger partial charge is 0.481 e. The van der Waals surface area contributed by atoms with Crippen LogP contribution >= 0.6 is 0 Å². The normalized spacial score (nSPS) is 26.2. The second-order valence-electron chi connectivity index (χ2n) is 5.43. The summed E-state index contributed by atoms with van der Waals surface area (Å²) in [7, 11) is 0.